The lowest BCUT2D eigenvalue weighted by Gasteiger charge is -2.31. The number of carbonyl (C=O) groups excluding carboxylic acids is 1. The van der Waals surface area contributed by atoms with Gasteiger partial charge in [0.15, 0.2) is 0 Å². The van der Waals surface area contributed by atoms with E-state index in [-0.39, 0.29) is 6.09 Å². The van der Waals surface area contributed by atoms with Gasteiger partial charge in [0, 0.05) is 12.7 Å². The van der Waals surface area contributed by atoms with Gasteiger partial charge in [0.1, 0.15) is 14.6 Å². The Labute approximate surface area is 87.1 Å². The van der Waals surface area contributed by atoms with Crippen LogP contribution < -0.4 is 5.40 Å². The zero-order valence-corrected chi connectivity index (χ0v) is 10.4. The van der Waals surface area contributed by atoms with Crippen LogP contribution in [0.25, 0.3) is 0 Å². The molecule has 1 aliphatic rings. The maximum atomic E-state index is 11.6. The summed E-state index contributed by atoms with van der Waals surface area (Å²) >= 11 is 0. The van der Waals surface area contributed by atoms with Crippen molar-refractivity contribution in [2.75, 3.05) is 12.7 Å². The second kappa shape index (κ2) is 4.31. The third-order valence-electron chi connectivity index (χ3n) is 2.11. The maximum Gasteiger partial charge on any atom is 0.410 e. The van der Waals surface area contributed by atoms with Gasteiger partial charge in [-0.15, -0.1) is 0 Å². The van der Waals surface area contributed by atoms with Crippen molar-refractivity contribution < 1.29 is 9.53 Å². The van der Waals surface area contributed by atoms with E-state index in [4.69, 9.17) is 10.1 Å². The Kier molecular flexibility index (Phi) is 3.55. The fraction of sp³-hybridized carbons (Fsp3) is 0.889. The molecular weight excluding hydrogens is 196 g/mol. The van der Waals surface area contributed by atoms with E-state index in [0.717, 1.165) is 25.2 Å². The average Bonchev–Trinajstić information content (AvgIpc) is 2.01. The van der Waals surface area contributed by atoms with Crippen LogP contribution in [0.4, 0.5) is 4.79 Å². The minimum atomic E-state index is -1.15. The predicted molar refractivity (Wildman–Crippen MR) is 58.6 cm³/mol. The third kappa shape index (κ3) is 3.67. The van der Waals surface area contributed by atoms with E-state index in [0.29, 0.717) is 0 Å². The summed E-state index contributed by atoms with van der Waals surface area (Å²) in [5.74, 6) is 0. The van der Waals surface area contributed by atoms with E-state index in [1.165, 1.54) is 0 Å². The van der Waals surface area contributed by atoms with Crippen molar-refractivity contribution in [2.45, 2.75) is 38.8 Å². The molecule has 0 bridgehead atoms. The fourth-order valence-corrected chi connectivity index (χ4v) is 3.29. The van der Waals surface area contributed by atoms with Gasteiger partial charge in [-0.05, 0) is 33.2 Å². The van der Waals surface area contributed by atoms with Crippen LogP contribution in [-0.2, 0) is 4.74 Å². The van der Waals surface area contributed by atoms with Crippen LogP contribution >= 0.6 is 0 Å². The Balaban J connectivity index is 2.44. The largest absolute Gasteiger partial charge is 0.444 e. The van der Waals surface area contributed by atoms with Crippen LogP contribution in [0.15, 0.2) is 0 Å². The molecule has 0 aromatic heterocycles. The minimum Gasteiger partial charge on any atom is -0.444 e. The molecule has 1 atom stereocenters. The van der Waals surface area contributed by atoms with Gasteiger partial charge in [0.2, 0.25) is 0 Å². The highest BCUT2D eigenvalue weighted by molar-refractivity contribution is 6.55. The zero-order valence-electron chi connectivity index (χ0n) is 9.25. The summed E-state index contributed by atoms with van der Waals surface area (Å²) in [4.78, 5) is 13.4. The first-order valence-corrected chi connectivity index (χ1v) is 7.42. The van der Waals surface area contributed by atoms with Gasteiger partial charge < -0.3 is 15.0 Å². The Morgan fingerprint density at radius 2 is 2.14 bits per heavy atom. The number of hydrogen-bond donors (Lipinski definition) is 1. The van der Waals surface area contributed by atoms with E-state index < -0.39 is 14.6 Å². The number of nitrogens with two attached hydrogens (primary N) is 1. The van der Waals surface area contributed by atoms with Crippen molar-refractivity contribution in [1.29, 1.82) is 0 Å². The van der Waals surface area contributed by atoms with Crippen molar-refractivity contribution in [2.24, 2.45) is 5.40 Å². The first kappa shape index (κ1) is 11.5. The highest BCUT2D eigenvalue weighted by Crippen LogP contribution is 2.13. The molecule has 0 saturated carbocycles. The highest BCUT2D eigenvalue weighted by atomic mass is 28.3. The molecule has 0 radical (unpaired) electrons. The number of amides is 1. The molecule has 82 valence electrons. The topological polar surface area (TPSA) is 55.6 Å². The van der Waals surface area contributed by atoms with Gasteiger partial charge in [-0.25, -0.2) is 4.79 Å². The number of rotatable bonds is 0. The van der Waals surface area contributed by atoms with Crippen molar-refractivity contribution >= 4 is 15.1 Å². The summed E-state index contributed by atoms with van der Waals surface area (Å²) < 4.78 is 5.28. The summed E-state index contributed by atoms with van der Waals surface area (Å²) in [5.41, 5.74) is -0.403. The van der Waals surface area contributed by atoms with E-state index >= 15 is 0 Å². The lowest BCUT2D eigenvalue weighted by atomic mass is 10.2. The molecule has 1 aliphatic heterocycles. The number of hydrogen-bond acceptors (Lipinski definition) is 3. The predicted octanol–water partition coefficient (Wildman–Crippen LogP) is 0.849. The van der Waals surface area contributed by atoms with Crippen molar-refractivity contribution in [3.63, 3.8) is 0 Å². The first-order chi connectivity index (χ1) is 6.38. The van der Waals surface area contributed by atoms with Crippen LogP contribution in [0, 0.1) is 0 Å². The second-order valence-electron chi connectivity index (χ2n) is 4.83. The van der Waals surface area contributed by atoms with Gasteiger partial charge in [-0.2, -0.15) is 0 Å². The van der Waals surface area contributed by atoms with Gasteiger partial charge in [0.25, 0.3) is 0 Å². The molecule has 1 rings (SSSR count). The summed E-state index contributed by atoms with van der Waals surface area (Å²) in [5, 5.41) is 5.92. The van der Waals surface area contributed by atoms with Crippen LogP contribution in [0.3, 0.4) is 0 Å². The highest BCUT2D eigenvalue weighted by Gasteiger charge is 2.26. The Morgan fingerprint density at radius 1 is 1.50 bits per heavy atom. The van der Waals surface area contributed by atoms with Crippen molar-refractivity contribution in [3.05, 3.63) is 0 Å². The zero-order chi connectivity index (χ0) is 10.8. The van der Waals surface area contributed by atoms with Crippen LogP contribution in [0.5, 0.6) is 0 Å². The normalized spacial score (nSPS) is 23.4. The summed E-state index contributed by atoms with van der Waals surface area (Å²) in [6.07, 6.45) is 1.59. The van der Waals surface area contributed by atoms with Gasteiger partial charge in [-0.1, -0.05) is 0 Å². The second-order valence-corrected chi connectivity index (χ2v) is 7.29. The third-order valence-corrected chi connectivity index (χ3v) is 4.17. The molecule has 0 aromatic carbocycles. The molecule has 14 heavy (non-hydrogen) atoms. The molecule has 0 aliphatic carbocycles. The molecule has 1 heterocycles. The van der Waals surface area contributed by atoms with E-state index in [2.05, 4.69) is 0 Å². The molecular formula is C9H20N2O2Si. The average molecular weight is 216 g/mol. The standard InChI is InChI=1S/C9H20N2O2Si/c1-9(2,3)13-8(12)11-5-4-6-14(10)7-11/h14H,4-7,10H2,1-3H3/t14-/m0/s1. The number of nitrogens with zero attached hydrogens (tertiary/aromatic N) is 1. The summed E-state index contributed by atoms with van der Waals surface area (Å²) in [6.45, 7) is 6.44. The van der Waals surface area contributed by atoms with Crippen LogP contribution in [-0.4, -0.2) is 38.3 Å². The monoisotopic (exact) mass is 216 g/mol. The number of ether oxygens (including phenoxy) is 1. The SMILES string of the molecule is CC(C)(C)OC(=O)N1CCC[Si@H](N)C1. The summed E-state index contributed by atoms with van der Waals surface area (Å²) in [6, 6.07) is 1.14. The molecule has 1 amide bonds. The fourth-order valence-electron chi connectivity index (χ4n) is 1.50. The summed E-state index contributed by atoms with van der Waals surface area (Å²) in [7, 11) is -1.15. The van der Waals surface area contributed by atoms with Crippen molar-refractivity contribution in [1.82, 2.24) is 4.90 Å². The Bertz CT molecular complexity index is 215. The molecule has 1 fully saturated rings. The van der Waals surface area contributed by atoms with Gasteiger partial charge in [0.05, 0.1) is 0 Å². The lowest BCUT2D eigenvalue weighted by molar-refractivity contribution is 0.0273. The smallest absolute Gasteiger partial charge is 0.410 e. The maximum absolute atomic E-state index is 11.6. The number of carbonyl (C=O) groups is 1. The van der Waals surface area contributed by atoms with E-state index in [1.54, 1.807) is 4.90 Å². The quantitative estimate of drug-likeness (QED) is 0.611. The first-order valence-electron chi connectivity index (χ1n) is 5.12. The molecule has 0 unspecified atom stereocenters. The Morgan fingerprint density at radius 3 is 2.64 bits per heavy atom. The molecule has 5 heteroatoms. The van der Waals surface area contributed by atoms with Crippen molar-refractivity contribution in [3.8, 4) is 0 Å². The van der Waals surface area contributed by atoms with Crippen LogP contribution in [0.1, 0.15) is 27.2 Å². The lowest BCUT2D eigenvalue weighted by Crippen LogP contribution is -2.49. The van der Waals surface area contributed by atoms with Crippen LogP contribution in [0.2, 0.25) is 6.04 Å². The molecule has 1 saturated heterocycles. The van der Waals surface area contributed by atoms with Gasteiger partial charge >= 0.3 is 6.09 Å². The van der Waals surface area contributed by atoms with E-state index in [9.17, 15) is 4.79 Å². The molecule has 4 nitrogen and oxygen atoms in total. The Hall–Kier alpha value is -0.553. The molecule has 0 aromatic rings. The van der Waals surface area contributed by atoms with E-state index in [1.807, 2.05) is 20.8 Å². The molecule has 0 spiro atoms. The van der Waals surface area contributed by atoms with Gasteiger partial charge in [-0.3, -0.25) is 0 Å². The molecule has 2 N–H and O–H groups in total. The minimum absolute atomic E-state index is 0.208.